The van der Waals surface area contributed by atoms with Crippen LogP contribution in [0.4, 0.5) is 0 Å². The van der Waals surface area contributed by atoms with E-state index in [0.29, 0.717) is 0 Å². The Balaban J connectivity index is 1.62. The number of aromatic amines is 1. The molecule has 26 heavy (non-hydrogen) atoms. The molecule has 0 aliphatic carbocycles. The van der Waals surface area contributed by atoms with Crippen molar-refractivity contribution in [1.82, 2.24) is 14.9 Å². The number of hydrogen-bond acceptors (Lipinski definition) is 2. The van der Waals surface area contributed by atoms with E-state index in [4.69, 9.17) is 0 Å². The van der Waals surface area contributed by atoms with Crippen molar-refractivity contribution in [3.8, 4) is 0 Å². The number of para-hydroxylation sites is 1. The molecule has 0 bridgehead atoms. The Kier molecular flexibility index (Phi) is 3.80. The molecule has 5 rings (SSSR count). The van der Waals surface area contributed by atoms with Gasteiger partial charge < -0.3 is 4.98 Å². The van der Waals surface area contributed by atoms with Crippen molar-refractivity contribution in [2.75, 3.05) is 6.54 Å². The van der Waals surface area contributed by atoms with E-state index in [0.717, 1.165) is 19.5 Å². The number of H-pyrrole nitrogens is 1. The second-order valence-corrected chi connectivity index (χ2v) is 6.96. The van der Waals surface area contributed by atoms with E-state index >= 15 is 0 Å². The van der Waals surface area contributed by atoms with Crippen molar-refractivity contribution in [1.29, 1.82) is 0 Å². The van der Waals surface area contributed by atoms with E-state index in [1.54, 1.807) is 0 Å². The topological polar surface area (TPSA) is 31.9 Å². The number of aromatic nitrogens is 2. The van der Waals surface area contributed by atoms with Gasteiger partial charge in [-0.3, -0.25) is 9.88 Å². The third-order valence-corrected chi connectivity index (χ3v) is 5.36. The van der Waals surface area contributed by atoms with Crippen LogP contribution in [0.1, 0.15) is 28.4 Å². The lowest BCUT2D eigenvalue weighted by atomic mass is 9.92. The van der Waals surface area contributed by atoms with Gasteiger partial charge in [0.15, 0.2) is 0 Å². The molecule has 4 aromatic rings. The number of nitrogens with one attached hydrogen (secondary N) is 1. The van der Waals surface area contributed by atoms with Crippen molar-refractivity contribution in [3.05, 3.63) is 102 Å². The number of fused-ring (bicyclic) bond motifs is 3. The summed E-state index contributed by atoms with van der Waals surface area (Å²) in [5.74, 6) is 0. The molecule has 1 N–H and O–H groups in total. The largest absolute Gasteiger partial charge is 0.357 e. The third kappa shape index (κ3) is 2.61. The zero-order chi connectivity index (χ0) is 17.3. The maximum absolute atomic E-state index is 4.39. The lowest BCUT2D eigenvalue weighted by Crippen LogP contribution is -2.35. The van der Waals surface area contributed by atoms with Crippen LogP contribution in [0.5, 0.6) is 0 Å². The SMILES string of the molecule is c1ccc(CN2CCc3c([nH]c4ccccc34)C2c2cccnc2)cc1. The van der Waals surface area contributed by atoms with Crippen LogP contribution in [0.2, 0.25) is 0 Å². The summed E-state index contributed by atoms with van der Waals surface area (Å²) < 4.78 is 0. The molecule has 0 saturated heterocycles. The molecule has 128 valence electrons. The molecular weight excluding hydrogens is 318 g/mol. The number of pyridine rings is 1. The second kappa shape index (κ2) is 6.43. The van der Waals surface area contributed by atoms with E-state index in [2.05, 4.69) is 75.5 Å². The highest BCUT2D eigenvalue weighted by atomic mass is 15.2. The Morgan fingerprint density at radius 3 is 2.65 bits per heavy atom. The molecule has 3 nitrogen and oxygen atoms in total. The minimum absolute atomic E-state index is 0.208. The van der Waals surface area contributed by atoms with Gasteiger partial charge in [0.25, 0.3) is 0 Å². The fourth-order valence-corrected chi connectivity index (χ4v) is 4.19. The summed E-state index contributed by atoms with van der Waals surface area (Å²) in [7, 11) is 0. The van der Waals surface area contributed by atoms with Gasteiger partial charge in [0, 0.05) is 42.1 Å². The highest BCUT2D eigenvalue weighted by Crippen LogP contribution is 2.38. The first kappa shape index (κ1) is 15.4. The van der Waals surface area contributed by atoms with Gasteiger partial charge in [-0.2, -0.15) is 0 Å². The minimum Gasteiger partial charge on any atom is -0.357 e. The van der Waals surface area contributed by atoms with Crippen molar-refractivity contribution in [2.24, 2.45) is 0 Å². The monoisotopic (exact) mass is 339 g/mol. The van der Waals surface area contributed by atoms with E-state index in [-0.39, 0.29) is 6.04 Å². The van der Waals surface area contributed by atoms with Crippen LogP contribution in [0, 0.1) is 0 Å². The van der Waals surface area contributed by atoms with E-state index in [1.165, 1.54) is 33.3 Å². The molecule has 0 saturated carbocycles. The summed E-state index contributed by atoms with van der Waals surface area (Å²) in [6, 6.07) is 23.8. The summed E-state index contributed by atoms with van der Waals surface area (Å²) in [4.78, 5) is 10.7. The summed E-state index contributed by atoms with van der Waals surface area (Å²) in [6.07, 6.45) is 4.92. The highest BCUT2D eigenvalue weighted by molar-refractivity contribution is 5.85. The molecule has 1 atom stereocenters. The van der Waals surface area contributed by atoms with Crippen molar-refractivity contribution < 1.29 is 0 Å². The van der Waals surface area contributed by atoms with Crippen LogP contribution in [-0.4, -0.2) is 21.4 Å². The van der Waals surface area contributed by atoms with Crippen LogP contribution < -0.4 is 0 Å². The second-order valence-electron chi connectivity index (χ2n) is 6.96. The zero-order valence-electron chi connectivity index (χ0n) is 14.6. The van der Waals surface area contributed by atoms with E-state index in [9.17, 15) is 0 Å². The molecule has 0 spiro atoms. The maximum atomic E-state index is 4.39. The molecule has 1 aliphatic heterocycles. The van der Waals surface area contributed by atoms with Gasteiger partial charge in [-0.1, -0.05) is 54.6 Å². The molecule has 0 amide bonds. The Morgan fingerprint density at radius 1 is 0.962 bits per heavy atom. The van der Waals surface area contributed by atoms with Gasteiger partial charge >= 0.3 is 0 Å². The Hall–Kier alpha value is -2.91. The Bertz CT molecular complexity index is 1020. The van der Waals surface area contributed by atoms with Gasteiger partial charge in [0.05, 0.1) is 6.04 Å². The van der Waals surface area contributed by atoms with Gasteiger partial charge in [-0.15, -0.1) is 0 Å². The average Bonchev–Trinajstić information content (AvgIpc) is 3.08. The van der Waals surface area contributed by atoms with Crippen molar-refractivity contribution in [2.45, 2.75) is 19.0 Å². The molecule has 3 heterocycles. The number of rotatable bonds is 3. The summed E-state index contributed by atoms with van der Waals surface area (Å²) in [5.41, 5.74) is 6.60. The lowest BCUT2D eigenvalue weighted by molar-refractivity contribution is 0.201. The normalized spacial score (nSPS) is 17.3. The van der Waals surface area contributed by atoms with Gasteiger partial charge in [0.1, 0.15) is 0 Å². The molecule has 0 radical (unpaired) electrons. The fourth-order valence-electron chi connectivity index (χ4n) is 4.19. The molecule has 0 fully saturated rings. The molecule has 1 aliphatic rings. The standard InChI is InChI=1S/C23H21N3/c1-2-7-17(8-3-1)16-26-14-12-20-19-10-4-5-11-21(19)25-22(20)23(26)18-9-6-13-24-15-18/h1-11,13,15,23,25H,12,14,16H2. The van der Waals surface area contributed by atoms with Crippen LogP contribution in [0.15, 0.2) is 79.1 Å². The number of hydrogen-bond donors (Lipinski definition) is 1. The van der Waals surface area contributed by atoms with Gasteiger partial charge in [-0.05, 0) is 35.2 Å². The summed E-state index contributed by atoms with van der Waals surface area (Å²) >= 11 is 0. The van der Waals surface area contributed by atoms with Crippen LogP contribution >= 0.6 is 0 Å². The maximum Gasteiger partial charge on any atom is 0.0775 e. The summed E-state index contributed by atoms with van der Waals surface area (Å²) in [5, 5.41) is 1.36. The molecule has 1 unspecified atom stereocenters. The molecular formula is C23H21N3. The van der Waals surface area contributed by atoms with Crippen LogP contribution in [-0.2, 0) is 13.0 Å². The first-order valence-electron chi connectivity index (χ1n) is 9.17. The number of benzene rings is 2. The van der Waals surface area contributed by atoms with Gasteiger partial charge in [0.2, 0.25) is 0 Å². The highest BCUT2D eigenvalue weighted by Gasteiger charge is 2.31. The molecule has 2 aromatic heterocycles. The predicted octanol–water partition coefficient (Wildman–Crippen LogP) is 4.71. The first-order chi connectivity index (χ1) is 12.9. The Morgan fingerprint density at radius 2 is 1.81 bits per heavy atom. The number of nitrogens with zero attached hydrogens (tertiary/aromatic N) is 2. The average molecular weight is 339 g/mol. The first-order valence-corrected chi connectivity index (χ1v) is 9.17. The third-order valence-electron chi connectivity index (χ3n) is 5.36. The minimum atomic E-state index is 0.208. The lowest BCUT2D eigenvalue weighted by Gasteiger charge is -2.36. The van der Waals surface area contributed by atoms with Crippen LogP contribution in [0.3, 0.4) is 0 Å². The van der Waals surface area contributed by atoms with Crippen LogP contribution in [0.25, 0.3) is 10.9 Å². The van der Waals surface area contributed by atoms with E-state index < -0.39 is 0 Å². The molecule has 3 heteroatoms. The fraction of sp³-hybridized carbons (Fsp3) is 0.174. The zero-order valence-corrected chi connectivity index (χ0v) is 14.6. The smallest absolute Gasteiger partial charge is 0.0775 e. The van der Waals surface area contributed by atoms with Gasteiger partial charge in [-0.25, -0.2) is 0 Å². The predicted molar refractivity (Wildman–Crippen MR) is 105 cm³/mol. The van der Waals surface area contributed by atoms with E-state index in [1.807, 2.05) is 18.5 Å². The summed E-state index contributed by atoms with van der Waals surface area (Å²) in [6.45, 7) is 1.98. The molecule has 2 aromatic carbocycles. The van der Waals surface area contributed by atoms with Crippen molar-refractivity contribution >= 4 is 10.9 Å². The quantitative estimate of drug-likeness (QED) is 0.586. The van der Waals surface area contributed by atoms with Crippen molar-refractivity contribution in [3.63, 3.8) is 0 Å². The Labute approximate surface area is 153 Å².